The number of hydrogen-bond donors (Lipinski definition) is 2. The molecule has 0 amide bonds. The molecule has 0 saturated carbocycles. The van der Waals surface area contributed by atoms with Gasteiger partial charge in [-0.1, -0.05) is 6.07 Å². The Morgan fingerprint density at radius 3 is 2.42 bits per heavy atom. The van der Waals surface area contributed by atoms with Crippen molar-refractivity contribution in [3.63, 3.8) is 0 Å². The molecule has 6 heteroatoms. The molecule has 0 unspecified atom stereocenters. The molecule has 0 bridgehead atoms. The summed E-state index contributed by atoms with van der Waals surface area (Å²) in [4.78, 5) is 0. The lowest BCUT2D eigenvalue weighted by atomic mass is 10.1. The van der Waals surface area contributed by atoms with Crippen LogP contribution < -0.4 is 15.2 Å². The van der Waals surface area contributed by atoms with Gasteiger partial charge in [0, 0.05) is 24.3 Å². The fraction of sp³-hybridized carbons (Fsp3) is 0.308. The normalized spacial score (nSPS) is 10.5. The number of nitrogens with one attached hydrogen (secondary N) is 1. The summed E-state index contributed by atoms with van der Waals surface area (Å²) in [5.74, 6) is 1.70. The molecule has 0 radical (unpaired) electrons. The lowest BCUT2D eigenvalue weighted by Crippen LogP contribution is -1.99. The van der Waals surface area contributed by atoms with Crippen molar-refractivity contribution in [2.75, 3.05) is 27.1 Å². The Bertz CT molecular complexity index is 566. The molecule has 0 aliphatic carbocycles. The SMILES string of the molecule is COCc1ccc(-c2cc(N)n[nH]2)c(OC)c1OC. The molecule has 2 aromatic rings. The van der Waals surface area contributed by atoms with Crippen molar-refractivity contribution in [1.82, 2.24) is 10.2 Å². The van der Waals surface area contributed by atoms with E-state index in [4.69, 9.17) is 19.9 Å². The summed E-state index contributed by atoms with van der Waals surface area (Å²) in [6.45, 7) is 0.449. The fourth-order valence-corrected chi connectivity index (χ4v) is 1.99. The molecule has 19 heavy (non-hydrogen) atoms. The molecule has 1 aromatic carbocycles. The zero-order chi connectivity index (χ0) is 13.8. The van der Waals surface area contributed by atoms with Crippen LogP contribution in [0.25, 0.3) is 11.3 Å². The zero-order valence-corrected chi connectivity index (χ0v) is 11.2. The van der Waals surface area contributed by atoms with Crippen molar-refractivity contribution in [3.05, 3.63) is 23.8 Å². The van der Waals surface area contributed by atoms with Crippen molar-refractivity contribution in [1.29, 1.82) is 0 Å². The van der Waals surface area contributed by atoms with Gasteiger partial charge in [0.2, 0.25) is 0 Å². The first kappa shape index (κ1) is 13.2. The van der Waals surface area contributed by atoms with Gasteiger partial charge in [0.05, 0.1) is 26.5 Å². The lowest BCUT2D eigenvalue weighted by Gasteiger charge is -2.15. The van der Waals surface area contributed by atoms with Crippen LogP contribution in [0, 0.1) is 0 Å². The van der Waals surface area contributed by atoms with E-state index in [0.717, 1.165) is 16.8 Å². The van der Waals surface area contributed by atoms with Crippen LogP contribution in [0.2, 0.25) is 0 Å². The molecule has 6 nitrogen and oxygen atoms in total. The van der Waals surface area contributed by atoms with Crippen molar-refractivity contribution < 1.29 is 14.2 Å². The number of anilines is 1. The second-order valence-electron chi connectivity index (χ2n) is 3.98. The molecule has 2 rings (SSSR count). The summed E-state index contributed by atoms with van der Waals surface area (Å²) in [6.07, 6.45) is 0. The Kier molecular flexibility index (Phi) is 3.91. The molecule has 0 spiro atoms. The van der Waals surface area contributed by atoms with Crippen LogP contribution in [0.1, 0.15) is 5.56 Å². The Morgan fingerprint density at radius 1 is 1.16 bits per heavy atom. The summed E-state index contributed by atoms with van der Waals surface area (Å²) in [5.41, 5.74) is 8.15. The molecule has 1 heterocycles. The molecule has 0 fully saturated rings. The first-order valence-corrected chi connectivity index (χ1v) is 5.75. The number of nitrogen functional groups attached to an aromatic ring is 1. The number of aromatic nitrogens is 2. The van der Waals surface area contributed by atoms with Gasteiger partial charge in [-0.15, -0.1) is 0 Å². The van der Waals surface area contributed by atoms with Crippen LogP contribution in [0.15, 0.2) is 18.2 Å². The Morgan fingerprint density at radius 2 is 1.89 bits per heavy atom. The van der Waals surface area contributed by atoms with Crippen LogP contribution >= 0.6 is 0 Å². The highest BCUT2D eigenvalue weighted by atomic mass is 16.5. The van der Waals surface area contributed by atoms with Crippen LogP contribution in [0.4, 0.5) is 5.82 Å². The number of H-pyrrole nitrogens is 1. The van der Waals surface area contributed by atoms with E-state index in [9.17, 15) is 0 Å². The van der Waals surface area contributed by atoms with E-state index >= 15 is 0 Å². The second kappa shape index (κ2) is 5.62. The van der Waals surface area contributed by atoms with Gasteiger partial charge in [0.15, 0.2) is 11.5 Å². The zero-order valence-electron chi connectivity index (χ0n) is 11.2. The first-order chi connectivity index (χ1) is 9.21. The van der Waals surface area contributed by atoms with Gasteiger partial charge in [0.25, 0.3) is 0 Å². The molecule has 0 aliphatic rings. The summed E-state index contributed by atoms with van der Waals surface area (Å²) in [5, 5.41) is 6.77. The van der Waals surface area contributed by atoms with Gasteiger partial charge in [-0.05, 0) is 6.07 Å². The summed E-state index contributed by atoms with van der Waals surface area (Å²) in [7, 11) is 4.83. The molecule has 1 aromatic heterocycles. The Labute approximate surface area is 111 Å². The third kappa shape index (κ3) is 2.48. The van der Waals surface area contributed by atoms with E-state index in [-0.39, 0.29) is 0 Å². The first-order valence-electron chi connectivity index (χ1n) is 5.75. The highest BCUT2D eigenvalue weighted by Crippen LogP contribution is 2.40. The van der Waals surface area contributed by atoms with Crippen LogP contribution in [0.3, 0.4) is 0 Å². The predicted octanol–water partition coefficient (Wildman–Crippen LogP) is 1.82. The van der Waals surface area contributed by atoms with E-state index in [1.165, 1.54) is 0 Å². The molecule has 3 N–H and O–H groups in total. The molecular weight excluding hydrogens is 246 g/mol. The van der Waals surface area contributed by atoms with Gasteiger partial charge in [-0.25, -0.2) is 0 Å². The van der Waals surface area contributed by atoms with Crippen LogP contribution in [0.5, 0.6) is 11.5 Å². The number of nitrogens with two attached hydrogens (primary N) is 1. The molecule has 0 atom stereocenters. The minimum Gasteiger partial charge on any atom is -0.492 e. The maximum atomic E-state index is 5.62. The number of methoxy groups -OCH3 is 3. The maximum Gasteiger partial charge on any atom is 0.170 e. The van der Waals surface area contributed by atoms with E-state index in [1.54, 1.807) is 27.4 Å². The summed E-state index contributed by atoms with van der Waals surface area (Å²) < 4.78 is 16.0. The van der Waals surface area contributed by atoms with Crippen molar-refractivity contribution in [2.24, 2.45) is 0 Å². The Balaban J connectivity index is 2.56. The summed E-state index contributed by atoms with van der Waals surface area (Å²) in [6, 6.07) is 5.59. The van der Waals surface area contributed by atoms with E-state index in [2.05, 4.69) is 10.2 Å². The van der Waals surface area contributed by atoms with Gasteiger partial charge >= 0.3 is 0 Å². The number of rotatable bonds is 5. The largest absolute Gasteiger partial charge is 0.492 e. The smallest absolute Gasteiger partial charge is 0.170 e. The van der Waals surface area contributed by atoms with Gasteiger partial charge in [-0.2, -0.15) is 5.10 Å². The van der Waals surface area contributed by atoms with Crippen molar-refractivity contribution in [2.45, 2.75) is 6.61 Å². The quantitative estimate of drug-likeness (QED) is 0.859. The number of benzene rings is 1. The molecule has 0 saturated heterocycles. The summed E-state index contributed by atoms with van der Waals surface area (Å²) >= 11 is 0. The van der Waals surface area contributed by atoms with E-state index in [1.807, 2.05) is 12.1 Å². The average Bonchev–Trinajstić information content (AvgIpc) is 2.84. The topological polar surface area (TPSA) is 82.4 Å². The van der Waals surface area contributed by atoms with Gasteiger partial charge < -0.3 is 19.9 Å². The minimum absolute atomic E-state index is 0.428. The molecule has 102 valence electrons. The molecular formula is C13H17N3O3. The van der Waals surface area contributed by atoms with Crippen molar-refractivity contribution in [3.8, 4) is 22.8 Å². The standard InChI is InChI=1S/C13H17N3O3/c1-17-7-8-4-5-9(10-6-11(14)16-15-10)13(19-3)12(8)18-2/h4-6H,7H2,1-3H3,(H3,14,15,16). The third-order valence-electron chi connectivity index (χ3n) is 2.79. The average molecular weight is 263 g/mol. The predicted molar refractivity (Wildman–Crippen MR) is 72.3 cm³/mol. The Hall–Kier alpha value is -2.21. The van der Waals surface area contributed by atoms with Crippen LogP contribution in [-0.2, 0) is 11.3 Å². The molecule has 0 aliphatic heterocycles. The minimum atomic E-state index is 0.428. The van der Waals surface area contributed by atoms with Crippen molar-refractivity contribution >= 4 is 5.82 Å². The van der Waals surface area contributed by atoms with Gasteiger partial charge in [-0.3, -0.25) is 5.10 Å². The highest BCUT2D eigenvalue weighted by Gasteiger charge is 2.17. The number of hydrogen-bond acceptors (Lipinski definition) is 5. The lowest BCUT2D eigenvalue weighted by molar-refractivity contribution is 0.181. The van der Waals surface area contributed by atoms with E-state index < -0.39 is 0 Å². The number of aromatic amines is 1. The maximum absolute atomic E-state index is 5.62. The highest BCUT2D eigenvalue weighted by molar-refractivity contribution is 5.73. The third-order valence-corrected chi connectivity index (χ3v) is 2.79. The second-order valence-corrected chi connectivity index (χ2v) is 3.98. The van der Waals surface area contributed by atoms with Gasteiger partial charge in [0.1, 0.15) is 5.82 Å². The number of ether oxygens (including phenoxy) is 3. The van der Waals surface area contributed by atoms with E-state index in [0.29, 0.717) is 23.9 Å². The number of nitrogens with zero attached hydrogens (tertiary/aromatic N) is 1. The van der Waals surface area contributed by atoms with Crippen LogP contribution in [-0.4, -0.2) is 31.5 Å². The monoisotopic (exact) mass is 263 g/mol. The fourth-order valence-electron chi connectivity index (χ4n) is 1.99.